The van der Waals surface area contributed by atoms with E-state index in [1.54, 1.807) is 6.07 Å². The van der Waals surface area contributed by atoms with Crippen molar-refractivity contribution in [3.63, 3.8) is 0 Å². The van der Waals surface area contributed by atoms with Crippen LogP contribution in [-0.4, -0.2) is 0 Å². The molecule has 0 saturated carbocycles. The van der Waals surface area contributed by atoms with Gasteiger partial charge in [-0.2, -0.15) is 0 Å². The molecule has 0 spiro atoms. The summed E-state index contributed by atoms with van der Waals surface area (Å²) in [5, 5.41) is 3.32. The van der Waals surface area contributed by atoms with Gasteiger partial charge >= 0.3 is 0 Å². The van der Waals surface area contributed by atoms with E-state index in [0.29, 0.717) is 0 Å². The fraction of sp³-hybridized carbons (Fsp3) is 0.200. The van der Waals surface area contributed by atoms with Crippen molar-refractivity contribution in [3.8, 4) is 0 Å². The SMILES string of the molecule is CC1(C)c2ccc(F)cc2Nc2c(Br)cccc21. The Morgan fingerprint density at radius 1 is 1.11 bits per heavy atom. The highest BCUT2D eigenvalue weighted by atomic mass is 79.9. The Morgan fingerprint density at radius 3 is 2.67 bits per heavy atom. The number of fused-ring (bicyclic) bond motifs is 2. The van der Waals surface area contributed by atoms with Crippen LogP contribution < -0.4 is 5.32 Å². The summed E-state index contributed by atoms with van der Waals surface area (Å²) in [5.41, 5.74) is 4.08. The van der Waals surface area contributed by atoms with E-state index in [9.17, 15) is 4.39 Å². The minimum absolute atomic E-state index is 0.132. The molecule has 0 radical (unpaired) electrons. The van der Waals surface area contributed by atoms with E-state index in [-0.39, 0.29) is 11.2 Å². The molecular formula is C15H13BrFN. The lowest BCUT2D eigenvalue weighted by Gasteiger charge is -2.36. The Labute approximate surface area is 114 Å². The molecule has 3 heteroatoms. The van der Waals surface area contributed by atoms with Crippen LogP contribution in [0.3, 0.4) is 0 Å². The smallest absolute Gasteiger partial charge is 0.125 e. The van der Waals surface area contributed by atoms with Crippen LogP contribution in [0.1, 0.15) is 25.0 Å². The Kier molecular flexibility index (Phi) is 2.49. The number of hydrogen-bond acceptors (Lipinski definition) is 1. The van der Waals surface area contributed by atoms with Gasteiger partial charge in [-0.25, -0.2) is 4.39 Å². The highest BCUT2D eigenvalue weighted by molar-refractivity contribution is 9.10. The molecule has 2 aromatic rings. The number of rotatable bonds is 0. The van der Waals surface area contributed by atoms with Gasteiger partial charge in [0.15, 0.2) is 0 Å². The highest BCUT2D eigenvalue weighted by Gasteiger charge is 2.33. The minimum Gasteiger partial charge on any atom is -0.354 e. The first-order chi connectivity index (χ1) is 8.50. The summed E-state index contributed by atoms with van der Waals surface area (Å²) in [7, 11) is 0. The lowest BCUT2D eigenvalue weighted by molar-refractivity contribution is 0.612. The third-order valence-corrected chi connectivity index (χ3v) is 4.26. The second-order valence-electron chi connectivity index (χ2n) is 5.10. The zero-order chi connectivity index (χ0) is 12.9. The van der Waals surface area contributed by atoms with E-state index >= 15 is 0 Å². The molecule has 0 amide bonds. The zero-order valence-electron chi connectivity index (χ0n) is 10.2. The van der Waals surface area contributed by atoms with E-state index in [2.05, 4.69) is 41.2 Å². The van der Waals surface area contributed by atoms with E-state index < -0.39 is 0 Å². The van der Waals surface area contributed by atoms with Crippen LogP contribution >= 0.6 is 15.9 Å². The van der Waals surface area contributed by atoms with Gasteiger partial charge in [0, 0.05) is 15.6 Å². The first-order valence-corrected chi connectivity index (χ1v) is 6.65. The topological polar surface area (TPSA) is 12.0 Å². The second-order valence-corrected chi connectivity index (χ2v) is 5.96. The summed E-state index contributed by atoms with van der Waals surface area (Å²) < 4.78 is 14.4. The largest absolute Gasteiger partial charge is 0.354 e. The Balaban J connectivity index is 2.29. The van der Waals surface area contributed by atoms with Gasteiger partial charge in [-0.05, 0) is 45.3 Å². The predicted octanol–water partition coefficient (Wildman–Crippen LogP) is 4.97. The van der Waals surface area contributed by atoms with Crippen molar-refractivity contribution in [2.75, 3.05) is 5.32 Å². The van der Waals surface area contributed by atoms with Gasteiger partial charge in [-0.1, -0.05) is 32.0 Å². The zero-order valence-corrected chi connectivity index (χ0v) is 11.8. The number of para-hydroxylation sites is 1. The summed E-state index contributed by atoms with van der Waals surface area (Å²) in [6.45, 7) is 4.33. The first kappa shape index (κ1) is 11.7. The van der Waals surface area contributed by atoms with E-state index in [1.165, 1.54) is 11.6 Å². The van der Waals surface area contributed by atoms with Crippen molar-refractivity contribution in [1.29, 1.82) is 0 Å². The average molecular weight is 306 g/mol. The summed E-state index contributed by atoms with van der Waals surface area (Å²) in [6.07, 6.45) is 0. The lowest BCUT2D eigenvalue weighted by Crippen LogP contribution is -2.26. The average Bonchev–Trinajstić information content (AvgIpc) is 2.30. The Morgan fingerprint density at radius 2 is 1.89 bits per heavy atom. The number of halogens is 2. The van der Waals surface area contributed by atoms with E-state index in [4.69, 9.17) is 0 Å². The maximum atomic E-state index is 13.4. The maximum absolute atomic E-state index is 13.4. The normalized spacial score (nSPS) is 15.6. The van der Waals surface area contributed by atoms with Gasteiger partial charge in [-0.15, -0.1) is 0 Å². The molecule has 1 nitrogen and oxygen atoms in total. The molecule has 0 bridgehead atoms. The van der Waals surface area contributed by atoms with Crippen molar-refractivity contribution in [2.45, 2.75) is 19.3 Å². The van der Waals surface area contributed by atoms with Crippen molar-refractivity contribution in [2.24, 2.45) is 0 Å². The Bertz CT molecular complexity index is 634. The van der Waals surface area contributed by atoms with Crippen molar-refractivity contribution in [3.05, 3.63) is 57.8 Å². The molecule has 0 saturated heterocycles. The fourth-order valence-corrected chi connectivity index (χ4v) is 3.08. The molecule has 1 N–H and O–H groups in total. The van der Waals surface area contributed by atoms with Gasteiger partial charge in [-0.3, -0.25) is 0 Å². The van der Waals surface area contributed by atoms with Crippen LogP contribution in [0.15, 0.2) is 40.9 Å². The summed E-state index contributed by atoms with van der Waals surface area (Å²) in [6, 6.07) is 11.1. The molecule has 2 aromatic carbocycles. The summed E-state index contributed by atoms with van der Waals surface area (Å²) in [4.78, 5) is 0. The van der Waals surface area contributed by atoms with Crippen molar-refractivity contribution < 1.29 is 4.39 Å². The fourth-order valence-electron chi connectivity index (χ4n) is 2.62. The molecule has 0 aliphatic carbocycles. The molecule has 18 heavy (non-hydrogen) atoms. The molecule has 0 fully saturated rings. The molecule has 0 atom stereocenters. The van der Waals surface area contributed by atoms with Crippen LogP contribution in [0.5, 0.6) is 0 Å². The monoisotopic (exact) mass is 305 g/mol. The standard InChI is InChI=1S/C15H13BrFN/c1-15(2)10-7-6-9(17)8-13(10)18-14-11(15)4-3-5-12(14)16/h3-8,18H,1-2H3. The molecule has 1 heterocycles. The predicted molar refractivity (Wildman–Crippen MR) is 76.0 cm³/mol. The maximum Gasteiger partial charge on any atom is 0.125 e. The molecule has 0 unspecified atom stereocenters. The molecule has 1 aliphatic heterocycles. The summed E-state index contributed by atoms with van der Waals surface area (Å²) in [5.74, 6) is -0.215. The Hall–Kier alpha value is -1.35. The number of benzene rings is 2. The molecular weight excluding hydrogens is 293 g/mol. The van der Waals surface area contributed by atoms with Crippen LogP contribution in [0.2, 0.25) is 0 Å². The van der Waals surface area contributed by atoms with Gasteiger partial charge < -0.3 is 5.32 Å². The molecule has 92 valence electrons. The van der Waals surface area contributed by atoms with Gasteiger partial charge in [0.05, 0.1) is 5.69 Å². The first-order valence-electron chi connectivity index (χ1n) is 5.86. The number of hydrogen-bond donors (Lipinski definition) is 1. The summed E-state index contributed by atoms with van der Waals surface area (Å²) >= 11 is 3.55. The van der Waals surface area contributed by atoms with E-state index in [0.717, 1.165) is 21.4 Å². The van der Waals surface area contributed by atoms with Gasteiger partial charge in [0.2, 0.25) is 0 Å². The van der Waals surface area contributed by atoms with Crippen LogP contribution in [-0.2, 0) is 5.41 Å². The van der Waals surface area contributed by atoms with Crippen LogP contribution in [0.25, 0.3) is 0 Å². The number of anilines is 2. The van der Waals surface area contributed by atoms with Gasteiger partial charge in [0.25, 0.3) is 0 Å². The van der Waals surface area contributed by atoms with Crippen LogP contribution in [0.4, 0.5) is 15.8 Å². The van der Waals surface area contributed by atoms with Gasteiger partial charge in [0.1, 0.15) is 5.82 Å². The second kappa shape index (κ2) is 3.82. The van der Waals surface area contributed by atoms with Crippen molar-refractivity contribution in [1.82, 2.24) is 0 Å². The van der Waals surface area contributed by atoms with Crippen molar-refractivity contribution >= 4 is 27.3 Å². The third kappa shape index (κ3) is 1.57. The van der Waals surface area contributed by atoms with Crippen LogP contribution in [0, 0.1) is 5.82 Å². The minimum atomic E-state index is -0.215. The number of nitrogens with one attached hydrogen (secondary N) is 1. The quantitative estimate of drug-likeness (QED) is 0.724. The van der Waals surface area contributed by atoms with E-state index in [1.807, 2.05) is 18.2 Å². The molecule has 0 aromatic heterocycles. The third-order valence-electron chi connectivity index (χ3n) is 3.60. The molecule has 3 rings (SSSR count). The lowest BCUT2D eigenvalue weighted by atomic mass is 9.74. The molecule has 1 aliphatic rings. The highest BCUT2D eigenvalue weighted by Crippen LogP contribution is 2.47.